The first-order valence-corrected chi connectivity index (χ1v) is 6.56. The van der Waals surface area contributed by atoms with Crippen LogP contribution < -0.4 is 5.73 Å². The molecule has 1 aromatic rings. The highest BCUT2D eigenvalue weighted by Gasteiger charge is 2.44. The Balaban J connectivity index is 0.00000220. The molecule has 1 unspecified atom stereocenters. The SMILES string of the molecule is Cl.NCC1CN(C(=O)OCc2ccccc2)CCC1(F)F. The fourth-order valence-corrected chi connectivity index (χ4v) is 2.20. The van der Waals surface area contributed by atoms with Crippen LogP contribution in [0.25, 0.3) is 0 Å². The normalized spacial score (nSPS) is 20.5. The van der Waals surface area contributed by atoms with E-state index in [-0.39, 0.29) is 45.1 Å². The first-order chi connectivity index (χ1) is 9.53. The van der Waals surface area contributed by atoms with Crippen LogP contribution in [0, 0.1) is 5.92 Å². The Hall–Kier alpha value is -1.40. The van der Waals surface area contributed by atoms with Gasteiger partial charge in [0.1, 0.15) is 6.61 Å². The largest absolute Gasteiger partial charge is 0.445 e. The molecule has 1 amide bonds. The van der Waals surface area contributed by atoms with Crippen LogP contribution in [0.15, 0.2) is 30.3 Å². The lowest BCUT2D eigenvalue weighted by atomic mass is 9.94. The molecule has 7 heteroatoms. The van der Waals surface area contributed by atoms with Gasteiger partial charge < -0.3 is 15.4 Å². The summed E-state index contributed by atoms with van der Waals surface area (Å²) in [6.07, 6.45) is -0.933. The lowest BCUT2D eigenvalue weighted by Gasteiger charge is -2.37. The minimum atomic E-state index is -2.80. The van der Waals surface area contributed by atoms with Crippen LogP contribution in [0.5, 0.6) is 0 Å². The molecule has 0 spiro atoms. The highest BCUT2D eigenvalue weighted by molar-refractivity contribution is 5.85. The zero-order valence-corrected chi connectivity index (χ0v) is 12.3. The molecule has 2 rings (SSSR count). The van der Waals surface area contributed by atoms with Crippen LogP contribution in [-0.4, -0.2) is 36.5 Å². The molecule has 2 N–H and O–H groups in total. The first-order valence-electron chi connectivity index (χ1n) is 6.56. The number of carbonyl (C=O) groups is 1. The van der Waals surface area contributed by atoms with Gasteiger partial charge in [-0.2, -0.15) is 0 Å². The summed E-state index contributed by atoms with van der Waals surface area (Å²) in [5, 5.41) is 0. The Morgan fingerprint density at radius 2 is 2.05 bits per heavy atom. The van der Waals surface area contributed by atoms with E-state index in [9.17, 15) is 13.6 Å². The number of hydrogen-bond acceptors (Lipinski definition) is 3. The van der Waals surface area contributed by atoms with Crippen molar-refractivity contribution in [3.05, 3.63) is 35.9 Å². The summed E-state index contributed by atoms with van der Waals surface area (Å²) in [7, 11) is 0. The Bertz CT molecular complexity index is 460. The number of nitrogens with two attached hydrogens (primary N) is 1. The molecule has 1 heterocycles. The molecule has 0 aliphatic carbocycles. The van der Waals surface area contributed by atoms with Gasteiger partial charge >= 0.3 is 6.09 Å². The van der Waals surface area contributed by atoms with Crippen molar-refractivity contribution < 1.29 is 18.3 Å². The number of hydrogen-bond donors (Lipinski definition) is 1. The number of nitrogens with zero attached hydrogens (tertiary/aromatic N) is 1. The number of benzene rings is 1. The summed E-state index contributed by atoms with van der Waals surface area (Å²) >= 11 is 0. The highest BCUT2D eigenvalue weighted by Crippen LogP contribution is 2.32. The van der Waals surface area contributed by atoms with Crippen LogP contribution in [0.1, 0.15) is 12.0 Å². The lowest BCUT2D eigenvalue weighted by molar-refractivity contribution is -0.0982. The van der Waals surface area contributed by atoms with Crippen LogP contribution in [-0.2, 0) is 11.3 Å². The number of carbonyl (C=O) groups excluding carboxylic acids is 1. The quantitative estimate of drug-likeness (QED) is 0.931. The van der Waals surface area contributed by atoms with Gasteiger partial charge in [-0.15, -0.1) is 12.4 Å². The van der Waals surface area contributed by atoms with Crippen LogP contribution >= 0.6 is 12.4 Å². The second kappa shape index (κ2) is 7.56. The number of ether oxygens (including phenoxy) is 1. The second-order valence-electron chi connectivity index (χ2n) is 4.93. The van der Waals surface area contributed by atoms with Crippen molar-refractivity contribution in [3.63, 3.8) is 0 Å². The van der Waals surface area contributed by atoms with E-state index >= 15 is 0 Å². The van der Waals surface area contributed by atoms with Crippen molar-refractivity contribution in [2.75, 3.05) is 19.6 Å². The van der Waals surface area contributed by atoms with E-state index in [4.69, 9.17) is 10.5 Å². The molecule has 118 valence electrons. The number of likely N-dealkylation sites (tertiary alicyclic amines) is 1. The number of piperidine rings is 1. The maximum Gasteiger partial charge on any atom is 0.410 e. The standard InChI is InChI=1S/C14H18F2N2O2.ClH/c15-14(16)6-7-18(9-12(14)8-17)13(19)20-10-11-4-2-1-3-5-11;/h1-5,12H,6-10,17H2;1H. The lowest BCUT2D eigenvalue weighted by Crippen LogP contribution is -2.51. The average molecular weight is 321 g/mol. The van der Waals surface area contributed by atoms with Gasteiger partial charge in [0.25, 0.3) is 5.92 Å². The third-order valence-corrected chi connectivity index (χ3v) is 3.50. The Morgan fingerprint density at radius 3 is 2.67 bits per heavy atom. The summed E-state index contributed by atoms with van der Waals surface area (Å²) in [6.45, 7) is -0.0659. The average Bonchev–Trinajstić information content (AvgIpc) is 2.45. The molecule has 0 bridgehead atoms. The molecule has 1 fully saturated rings. The van der Waals surface area contributed by atoms with E-state index in [1.807, 2.05) is 30.3 Å². The van der Waals surface area contributed by atoms with Gasteiger partial charge in [-0.05, 0) is 5.56 Å². The summed E-state index contributed by atoms with van der Waals surface area (Å²) in [5.74, 6) is -3.80. The predicted octanol–water partition coefficient (Wildman–Crippen LogP) is 2.66. The van der Waals surface area contributed by atoms with E-state index in [0.717, 1.165) is 5.56 Å². The van der Waals surface area contributed by atoms with Gasteiger partial charge in [-0.3, -0.25) is 0 Å². The first kappa shape index (κ1) is 17.7. The van der Waals surface area contributed by atoms with E-state index in [0.29, 0.717) is 0 Å². The van der Waals surface area contributed by atoms with Crippen molar-refractivity contribution >= 4 is 18.5 Å². The van der Waals surface area contributed by atoms with Crippen molar-refractivity contribution in [2.24, 2.45) is 11.7 Å². The molecule has 1 aliphatic heterocycles. The van der Waals surface area contributed by atoms with Gasteiger partial charge in [0.2, 0.25) is 0 Å². The minimum absolute atomic E-state index is 0. The van der Waals surface area contributed by atoms with E-state index in [2.05, 4.69) is 0 Å². The second-order valence-corrected chi connectivity index (χ2v) is 4.93. The smallest absolute Gasteiger partial charge is 0.410 e. The van der Waals surface area contributed by atoms with Crippen LogP contribution in [0.4, 0.5) is 13.6 Å². The Morgan fingerprint density at radius 1 is 1.38 bits per heavy atom. The summed E-state index contributed by atoms with van der Waals surface area (Å²) in [5.41, 5.74) is 6.21. The molecule has 1 saturated heterocycles. The molecule has 1 atom stereocenters. The molecule has 4 nitrogen and oxygen atoms in total. The zero-order chi connectivity index (χ0) is 14.6. The predicted molar refractivity (Wildman–Crippen MR) is 77.6 cm³/mol. The fourth-order valence-electron chi connectivity index (χ4n) is 2.20. The number of amides is 1. The Kier molecular flexibility index (Phi) is 6.36. The third kappa shape index (κ3) is 4.54. The van der Waals surface area contributed by atoms with Crippen molar-refractivity contribution in [2.45, 2.75) is 19.0 Å². The van der Waals surface area contributed by atoms with Gasteiger partial charge in [0.05, 0.1) is 5.92 Å². The molecule has 21 heavy (non-hydrogen) atoms. The van der Waals surface area contributed by atoms with E-state index < -0.39 is 17.9 Å². The van der Waals surface area contributed by atoms with Crippen LogP contribution in [0.2, 0.25) is 0 Å². The maximum absolute atomic E-state index is 13.5. The monoisotopic (exact) mass is 320 g/mol. The van der Waals surface area contributed by atoms with Gasteiger partial charge in [-0.1, -0.05) is 30.3 Å². The molecule has 1 aliphatic rings. The van der Waals surface area contributed by atoms with Crippen molar-refractivity contribution in [1.82, 2.24) is 4.90 Å². The molecular weight excluding hydrogens is 302 g/mol. The third-order valence-electron chi connectivity index (χ3n) is 3.50. The zero-order valence-electron chi connectivity index (χ0n) is 11.5. The topological polar surface area (TPSA) is 55.6 Å². The summed E-state index contributed by atoms with van der Waals surface area (Å²) in [4.78, 5) is 13.2. The molecule has 0 radical (unpaired) electrons. The van der Waals surface area contributed by atoms with E-state index in [1.165, 1.54) is 4.90 Å². The van der Waals surface area contributed by atoms with Gasteiger partial charge in [0, 0.05) is 26.1 Å². The summed E-state index contributed by atoms with van der Waals surface area (Å²) in [6, 6.07) is 9.22. The van der Waals surface area contributed by atoms with Gasteiger partial charge in [-0.25, -0.2) is 13.6 Å². The fraction of sp³-hybridized carbons (Fsp3) is 0.500. The summed E-state index contributed by atoms with van der Waals surface area (Å²) < 4.78 is 32.1. The number of rotatable bonds is 3. The highest BCUT2D eigenvalue weighted by atomic mass is 35.5. The minimum Gasteiger partial charge on any atom is -0.445 e. The molecule has 1 aromatic carbocycles. The van der Waals surface area contributed by atoms with Crippen molar-refractivity contribution in [1.29, 1.82) is 0 Å². The molecular formula is C14H19ClF2N2O2. The Labute approximate surface area is 128 Å². The molecule has 0 aromatic heterocycles. The van der Waals surface area contributed by atoms with Crippen molar-refractivity contribution in [3.8, 4) is 0 Å². The van der Waals surface area contributed by atoms with Gasteiger partial charge in [0.15, 0.2) is 0 Å². The van der Waals surface area contributed by atoms with E-state index in [1.54, 1.807) is 0 Å². The molecule has 0 saturated carbocycles. The number of alkyl halides is 2. The van der Waals surface area contributed by atoms with Crippen LogP contribution in [0.3, 0.4) is 0 Å². The maximum atomic E-state index is 13.5. The number of halogens is 3.